The van der Waals surface area contributed by atoms with Crippen LogP contribution in [0.15, 0.2) is 0 Å². The molecule has 17 heavy (non-hydrogen) atoms. The van der Waals surface area contributed by atoms with E-state index in [2.05, 4.69) is 9.88 Å². The fourth-order valence-corrected chi connectivity index (χ4v) is 3.05. The predicted molar refractivity (Wildman–Crippen MR) is 69.7 cm³/mol. The van der Waals surface area contributed by atoms with Crippen molar-refractivity contribution < 1.29 is 0 Å². The van der Waals surface area contributed by atoms with Gasteiger partial charge in [0.2, 0.25) is 5.95 Å². The van der Waals surface area contributed by atoms with Crippen LogP contribution in [-0.4, -0.2) is 23.1 Å². The van der Waals surface area contributed by atoms with Crippen LogP contribution >= 0.6 is 11.6 Å². The number of aryl methyl sites for hydroxylation is 1. The number of hydrogen-bond donors (Lipinski definition) is 0. The van der Waals surface area contributed by atoms with Gasteiger partial charge in [0, 0.05) is 18.7 Å². The lowest BCUT2D eigenvalue weighted by Gasteiger charge is -2.28. The molecule has 1 aliphatic heterocycles. The van der Waals surface area contributed by atoms with E-state index in [1.165, 1.54) is 43.4 Å². The Bertz CT molecular complexity index is 413. The van der Waals surface area contributed by atoms with Crippen molar-refractivity contribution in [2.75, 3.05) is 18.0 Å². The summed E-state index contributed by atoms with van der Waals surface area (Å²) in [7, 11) is 0. The van der Waals surface area contributed by atoms with E-state index in [1.807, 2.05) is 0 Å². The summed E-state index contributed by atoms with van der Waals surface area (Å²) in [5.41, 5.74) is 2.38. The second-order valence-corrected chi connectivity index (χ2v) is 5.35. The van der Waals surface area contributed by atoms with E-state index in [0.717, 1.165) is 31.9 Å². The second kappa shape index (κ2) is 4.81. The molecule has 0 unspecified atom stereocenters. The molecular formula is C13H18ClN3. The molecule has 0 amide bonds. The third kappa shape index (κ3) is 2.25. The average molecular weight is 252 g/mol. The van der Waals surface area contributed by atoms with E-state index < -0.39 is 0 Å². The first-order chi connectivity index (χ1) is 8.34. The Morgan fingerprint density at radius 3 is 2.47 bits per heavy atom. The van der Waals surface area contributed by atoms with Crippen LogP contribution in [-0.2, 0) is 12.8 Å². The summed E-state index contributed by atoms with van der Waals surface area (Å²) in [6.45, 7) is 2.16. The maximum atomic E-state index is 6.29. The van der Waals surface area contributed by atoms with E-state index >= 15 is 0 Å². The number of aromatic nitrogens is 2. The lowest BCUT2D eigenvalue weighted by atomic mass is 9.97. The van der Waals surface area contributed by atoms with E-state index in [9.17, 15) is 0 Å². The van der Waals surface area contributed by atoms with Gasteiger partial charge < -0.3 is 4.90 Å². The summed E-state index contributed by atoms with van der Waals surface area (Å²) in [5.74, 6) is 0.857. The minimum absolute atomic E-state index is 0.690. The molecule has 2 heterocycles. The predicted octanol–water partition coefficient (Wildman–Crippen LogP) is 3.00. The quantitative estimate of drug-likeness (QED) is 0.719. The molecule has 3 rings (SSSR count). The summed E-state index contributed by atoms with van der Waals surface area (Å²) in [5, 5.41) is 0.690. The smallest absolute Gasteiger partial charge is 0.227 e. The van der Waals surface area contributed by atoms with Gasteiger partial charge in [-0.05, 0) is 44.9 Å². The van der Waals surface area contributed by atoms with Crippen LogP contribution in [0.3, 0.4) is 0 Å². The molecule has 92 valence electrons. The first-order valence-electron chi connectivity index (χ1n) is 6.65. The Morgan fingerprint density at radius 2 is 1.65 bits per heavy atom. The van der Waals surface area contributed by atoms with Crippen molar-refractivity contribution in [1.29, 1.82) is 0 Å². The van der Waals surface area contributed by atoms with Crippen LogP contribution < -0.4 is 4.90 Å². The normalized spacial score (nSPS) is 20.2. The van der Waals surface area contributed by atoms with Gasteiger partial charge in [0.05, 0.1) is 5.69 Å². The van der Waals surface area contributed by atoms with Gasteiger partial charge in [-0.2, -0.15) is 0 Å². The second-order valence-electron chi connectivity index (χ2n) is 4.99. The number of fused-ring (bicyclic) bond motifs is 1. The Hall–Kier alpha value is -0.830. The SMILES string of the molecule is Clc1nc(N2CCCCC2)nc2c1CCCC2. The molecule has 4 heteroatoms. The molecular weight excluding hydrogens is 234 g/mol. The number of hydrogen-bond acceptors (Lipinski definition) is 3. The van der Waals surface area contributed by atoms with Gasteiger partial charge in [-0.25, -0.2) is 9.97 Å². The van der Waals surface area contributed by atoms with Gasteiger partial charge in [0.15, 0.2) is 0 Å². The Labute approximate surface area is 107 Å². The number of nitrogens with zero attached hydrogens (tertiary/aromatic N) is 3. The third-order valence-corrected chi connectivity index (χ3v) is 4.07. The van der Waals surface area contributed by atoms with Crippen LogP contribution in [0.1, 0.15) is 43.4 Å². The van der Waals surface area contributed by atoms with E-state index in [0.29, 0.717) is 5.15 Å². The molecule has 0 radical (unpaired) electrons. The molecule has 0 saturated carbocycles. The highest BCUT2D eigenvalue weighted by Gasteiger charge is 2.20. The lowest BCUT2D eigenvalue weighted by molar-refractivity contribution is 0.564. The maximum absolute atomic E-state index is 6.29. The fraction of sp³-hybridized carbons (Fsp3) is 0.692. The molecule has 1 saturated heterocycles. The van der Waals surface area contributed by atoms with Crippen molar-refractivity contribution in [2.45, 2.75) is 44.9 Å². The summed E-state index contributed by atoms with van der Waals surface area (Å²) in [6, 6.07) is 0. The monoisotopic (exact) mass is 251 g/mol. The van der Waals surface area contributed by atoms with Crippen LogP contribution in [0.25, 0.3) is 0 Å². The van der Waals surface area contributed by atoms with Crippen molar-refractivity contribution in [3.05, 3.63) is 16.4 Å². The van der Waals surface area contributed by atoms with E-state index in [-0.39, 0.29) is 0 Å². The Balaban J connectivity index is 1.92. The van der Waals surface area contributed by atoms with Crippen molar-refractivity contribution in [2.24, 2.45) is 0 Å². The zero-order chi connectivity index (χ0) is 11.7. The number of anilines is 1. The first kappa shape index (κ1) is 11.3. The van der Waals surface area contributed by atoms with Gasteiger partial charge in [0.1, 0.15) is 5.15 Å². The molecule has 1 fully saturated rings. The summed E-state index contributed by atoms with van der Waals surface area (Å²) >= 11 is 6.29. The highest BCUT2D eigenvalue weighted by Crippen LogP contribution is 2.28. The van der Waals surface area contributed by atoms with Crippen LogP contribution in [0.4, 0.5) is 5.95 Å². The van der Waals surface area contributed by atoms with Crippen molar-refractivity contribution in [3.63, 3.8) is 0 Å². The van der Waals surface area contributed by atoms with Gasteiger partial charge in [-0.1, -0.05) is 11.6 Å². The molecule has 0 atom stereocenters. The molecule has 3 nitrogen and oxygen atoms in total. The van der Waals surface area contributed by atoms with Gasteiger partial charge in [0.25, 0.3) is 0 Å². The molecule has 0 bridgehead atoms. The molecule has 1 aromatic heterocycles. The first-order valence-corrected chi connectivity index (χ1v) is 7.02. The van der Waals surface area contributed by atoms with Crippen molar-refractivity contribution in [1.82, 2.24) is 9.97 Å². The lowest BCUT2D eigenvalue weighted by Crippen LogP contribution is -2.31. The third-order valence-electron chi connectivity index (χ3n) is 3.76. The molecule has 1 aliphatic carbocycles. The van der Waals surface area contributed by atoms with Crippen LogP contribution in [0.5, 0.6) is 0 Å². The molecule has 1 aromatic rings. The van der Waals surface area contributed by atoms with E-state index in [4.69, 9.17) is 16.6 Å². The summed E-state index contributed by atoms with van der Waals surface area (Å²) in [4.78, 5) is 11.5. The number of halogens is 1. The maximum Gasteiger partial charge on any atom is 0.227 e. The number of rotatable bonds is 1. The van der Waals surface area contributed by atoms with E-state index in [1.54, 1.807) is 0 Å². The van der Waals surface area contributed by atoms with Crippen LogP contribution in [0, 0.1) is 0 Å². The highest BCUT2D eigenvalue weighted by molar-refractivity contribution is 6.30. The fourth-order valence-electron chi connectivity index (χ4n) is 2.77. The van der Waals surface area contributed by atoms with Crippen LogP contribution in [0.2, 0.25) is 5.15 Å². The summed E-state index contributed by atoms with van der Waals surface area (Å²) in [6.07, 6.45) is 8.40. The minimum atomic E-state index is 0.690. The van der Waals surface area contributed by atoms with Gasteiger partial charge >= 0.3 is 0 Å². The highest BCUT2D eigenvalue weighted by atomic mass is 35.5. The molecule has 0 N–H and O–H groups in total. The zero-order valence-corrected chi connectivity index (χ0v) is 10.8. The Morgan fingerprint density at radius 1 is 0.882 bits per heavy atom. The molecule has 0 spiro atoms. The van der Waals surface area contributed by atoms with Crippen molar-refractivity contribution >= 4 is 17.5 Å². The summed E-state index contributed by atoms with van der Waals surface area (Å²) < 4.78 is 0. The standard InChI is InChI=1S/C13H18ClN3/c14-12-10-6-2-3-7-11(10)15-13(16-12)17-8-4-1-5-9-17/h1-9H2. The average Bonchev–Trinajstić information content (AvgIpc) is 2.40. The number of piperidine rings is 1. The van der Waals surface area contributed by atoms with Crippen molar-refractivity contribution in [3.8, 4) is 0 Å². The topological polar surface area (TPSA) is 29.0 Å². The largest absolute Gasteiger partial charge is 0.341 e. The van der Waals surface area contributed by atoms with Gasteiger partial charge in [-0.3, -0.25) is 0 Å². The Kier molecular flexibility index (Phi) is 3.19. The van der Waals surface area contributed by atoms with Gasteiger partial charge in [-0.15, -0.1) is 0 Å². The molecule has 0 aromatic carbocycles. The minimum Gasteiger partial charge on any atom is -0.341 e. The molecule has 2 aliphatic rings. The zero-order valence-electron chi connectivity index (χ0n) is 10.1.